The molecule has 12 heteroatoms. The lowest BCUT2D eigenvalue weighted by molar-refractivity contribution is -0.0328. The highest BCUT2D eigenvalue weighted by molar-refractivity contribution is 8.00. The van der Waals surface area contributed by atoms with Crippen LogP contribution in [0.3, 0.4) is 0 Å². The van der Waals surface area contributed by atoms with E-state index < -0.39 is 11.4 Å². The number of halogens is 3. The zero-order valence-corrected chi connectivity index (χ0v) is 19.7. The van der Waals surface area contributed by atoms with Gasteiger partial charge in [0.15, 0.2) is 0 Å². The van der Waals surface area contributed by atoms with Crippen molar-refractivity contribution in [2.24, 2.45) is 7.05 Å². The molecule has 0 radical (unpaired) electrons. The van der Waals surface area contributed by atoms with Crippen molar-refractivity contribution < 1.29 is 27.5 Å². The van der Waals surface area contributed by atoms with E-state index in [0.29, 0.717) is 28.7 Å². The quantitative estimate of drug-likeness (QED) is 0.123. The van der Waals surface area contributed by atoms with E-state index in [1.165, 1.54) is 30.5 Å². The van der Waals surface area contributed by atoms with E-state index in [-0.39, 0.29) is 29.0 Å². The maximum atomic E-state index is 12.7. The number of nitrogens with one attached hydrogen (secondary N) is 2. The Balaban J connectivity index is 1.51. The van der Waals surface area contributed by atoms with Crippen molar-refractivity contribution in [3.63, 3.8) is 0 Å². The fraction of sp³-hybridized carbons (Fsp3) is 0.125. The molecule has 8 nitrogen and oxygen atoms in total. The first-order valence-corrected chi connectivity index (χ1v) is 11.3. The number of thioether (sulfide) groups is 1. The van der Waals surface area contributed by atoms with Crippen LogP contribution in [0.15, 0.2) is 78.3 Å². The number of imidazole rings is 1. The molecule has 0 bridgehead atoms. The minimum absolute atomic E-state index is 0.0691. The van der Waals surface area contributed by atoms with E-state index in [1.807, 2.05) is 0 Å². The molecular weight excluding hydrogens is 495 g/mol. The van der Waals surface area contributed by atoms with Crippen molar-refractivity contribution >= 4 is 40.3 Å². The summed E-state index contributed by atoms with van der Waals surface area (Å²) in [5.41, 5.74) is -0.162. The van der Waals surface area contributed by atoms with E-state index >= 15 is 0 Å². The molecule has 4 aromatic rings. The number of hydrogen-bond acceptors (Lipinski definition) is 7. The first-order valence-electron chi connectivity index (χ1n) is 10.5. The zero-order valence-electron chi connectivity index (χ0n) is 18.9. The Labute approximate surface area is 208 Å². The number of rotatable bonds is 9. The zero-order chi connectivity index (χ0) is 25.7. The molecule has 2 aromatic carbocycles. The van der Waals surface area contributed by atoms with Crippen LogP contribution in [0.1, 0.15) is 10.5 Å². The van der Waals surface area contributed by atoms with Gasteiger partial charge in [-0.1, -0.05) is 12.1 Å². The first kappa shape index (κ1) is 25.1. The number of pyridine rings is 1. The molecule has 2 heterocycles. The summed E-state index contributed by atoms with van der Waals surface area (Å²) in [5, 5.41) is 3.06. The summed E-state index contributed by atoms with van der Waals surface area (Å²) in [7, 11) is 1.79. The van der Waals surface area contributed by atoms with Gasteiger partial charge in [0.25, 0.3) is 5.91 Å². The summed E-state index contributed by atoms with van der Waals surface area (Å²) < 4.78 is 45.8. The Morgan fingerprint density at radius 1 is 1.17 bits per heavy atom. The van der Waals surface area contributed by atoms with Gasteiger partial charge in [-0.2, -0.15) is 13.2 Å². The molecule has 2 aromatic heterocycles. The Morgan fingerprint density at radius 2 is 1.97 bits per heavy atom. The Kier molecular flexibility index (Phi) is 7.46. The normalized spacial score (nSPS) is 11.3. The molecule has 0 aliphatic carbocycles. The molecular formula is C24H20F3N5O3S. The van der Waals surface area contributed by atoms with Crippen molar-refractivity contribution in [2.45, 2.75) is 10.4 Å². The maximum absolute atomic E-state index is 12.7. The number of hydrogen-bond donors (Lipinski definition) is 2. The Bertz CT molecular complexity index is 1410. The molecule has 36 heavy (non-hydrogen) atoms. The second-order valence-corrected chi connectivity index (χ2v) is 8.49. The second kappa shape index (κ2) is 10.7. The van der Waals surface area contributed by atoms with Gasteiger partial charge in [-0.15, -0.1) is 6.58 Å². The van der Waals surface area contributed by atoms with Crippen LogP contribution in [-0.4, -0.2) is 32.6 Å². The van der Waals surface area contributed by atoms with Crippen molar-refractivity contribution in [1.82, 2.24) is 20.0 Å². The highest BCUT2D eigenvalue weighted by atomic mass is 32.2. The fourth-order valence-corrected chi connectivity index (χ4v) is 3.81. The molecule has 1 amide bonds. The smallest absolute Gasteiger partial charge is 0.446 e. The number of carbonyl (C=O) groups excluding carboxylic acids is 1. The second-order valence-electron chi connectivity index (χ2n) is 7.36. The number of alkyl halides is 3. The number of hydroxylamine groups is 1. The van der Waals surface area contributed by atoms with Crippen LogP contribution in [0.25, 0.3) is 11.0 Å². The summed E-state index contributed by atoms with van der Waals surface area (Å²) in [4.78, 5) is 25.7. The fourth-order valence-electron chi connectivity index (χ4n) is 3.21. The SMILES string of the molecule is C=CCONC(=O)c1cc(Oc2ccc3c(c2)nc(Nc2cccc(SC(F)(F)F)c2)n3C)ccn1. The predicted molar refractivity (Wildman–Crippen MR) is 130 cm³/mol. The number of benzene rings is 2. The topological polar surface area (TPSA) is 90.3 Å². The highest BCUT2D eigenvalue weighted by Gasteiger charge is 2.29. The van der Waals surface area contributed by atoms with E-state index in [4.69, 9.17) is 9.57 Å². The molecule has 186 valence electrons. The molecule has 0 saturated heterocycles. The van der Waals surface area contributed by atoms with Crippen LogP contribution in [0.5, 0.6) is 11.5 Å². The molecule has 4 rings (SSSR count). The van der Waals surface area contributed by atoms with Gasteiger partial charge in [-0.25, -0.2) is 10.5 Å². The summed E-state index contributed by atoms with van der Waals surface area (Å²) in [6.07, 6.45) is 2.93. The standard InChI is InChI=1S/C24H20F3N5O3S/c1-3-11-34-31-22(33)20-14-17(9-10-28-20)35-16-7-8-21-19(13-16)30-23(32(21)2)29-15-5-4-6-18(12-15)36-24(25,26)27/h3-10,12-14H,1,11H2,2H3,(H,29,30)(H,31,33). The third-order valence-corrected chi connectivity index (χ3v) is 5.46. The predicted octanol–water partition coefficient (Wildman–Crippen LogP) is 5.96. The number of nitrogens with zero attached hydrogens (tertiary/aromatic N) is 3. The van der Waals surface area contributed by atoms with Gasteiger partial charge in [0, 0.05) is 36.0 Å². The summed E-state index contributed by atoms with van der Waals surface area (Å²) >= 11 is -0.179. The van der Waals surface area contributed by atoms with E-state index in [0.717, 1.165) is 5.52 Å². The van der Waals surface area contributed by atoms with E-state index in [1.54, 1.807) is 48.0 Å². The van der Waals surface area contributed by atoms with Crippen LogP contribution < -0.4 is 15.5 Å². The maximum Gasteiger partial charge on any atom is 0.446 e. The number of amides is 1. The lowest BCUT2D eigenvalue weighted by atomic mass is 10.3. The largest absolute Gasteiger partial charge is 0.457 e. The summed E-state index contributed by atoms with van der Waals surface area (Å²) in [6.45, 7) is 3.65. The van der Waals surface area contributed by atoms with Crippen LogP contribution in [0.2, 0.25) is 0 Å². The van der Waals surface area contributed by atoms with Crippen molar-refractivity contribution in [1.29, 1.82) is 0 Å². The number of anilines is 2. The number of aryl methyl sites for hydroxylation is 1. The third-order valence-electron chi connectivity index (χ3n) is 4.74. The van der Waals surface area contributed by atoms with Crippen molar-refractivity contribution in [3.05, 3.63) is 79.1 Å². The molecule has 0 aliphatic rings. The van der Waals surface area contributed by atoms with E-state index in [9.17, 15) is 18.0 Å². The van der Waals surface area contributed by atoms with Gasteiger partial charge in [0.05, 0.1) is 17.6 Å². The monoisotopic (exact) mass is 515 g/mol. The minimum Gasteiger partial charge on any atom is -0.457 e. The Hall–Kier alpha value is -4.03. The van der Waals surface area contributed by atoms with Gasteiger partial charge in [0.1, 0.15) is 17.2 Å². The Morgan fingerprint density at radius 3 is 2.75 bits per heavy atom. The minimum atomic E-state index is -4.37. The van der Waals surface area contributed by atoms with Gasteiger partial charge >= 0.3 is 5.51 Å². The lowest BCUT2D eigenvalue weighted by Gasteiger charge is -2.09. The first-order chi connectivity index (χ1) is 17.2. The van der Waals surface area contributed by atoms with Crippen molar-refractivity contribution in [2.75, 3.05) is 11.9 Å². The lowest BCUT2D eigenvalue weighted by Crippen LogP contribution is -2.24. The number of aromatic nitrogens is 3. The average Bonchev–Trinajstić information content (AvgIpc) is 3.13. The highest BCUT2D eigenvalue weighted by Crippen LogP contribution is 2.38. The summed E-state index contributed by atoms with van der Waals surface area (Å²) in [5.74, 6) is 0.761. The molecule has 0 atom stereocenters. The van der Waals surface area contributed by atoms with Crippen LogP contribution in [0.4, 0.5) is 24.8 Å². The molecule has 0 fully saturated rings. The van der Waals surface area contributed by atoms with Crippen LogP contribution >= 0.6 is 11.8 Å². The molecule has 0 unspecified atom stereocenters. The molecule has 2 N–H and O–H groups in total. The third kappa shape index (κ3) is 6.34. The average molecular weight is 516 g/mol. The molecule has 0 aliphatic heterocycles. The van der Waals surface area contributed by atoms with Gasteiger partial charge in [-0.3, -0.25) is 14.6 Å². The van der Waals surface area contributed by atoms with Crippen LogP contribution in [-0.2, 0) is 11.9 Å². The number of carbonyl (C=O) groups is 1. The van der Waals surface area contributed by atoms with Gasteiger partial charge in [0.2, 0.25) is 5.95 Å². The summed E-state index contributed by atoms with van der Waals surface area (Å²) in [6, 6.07) is 14.3. The van der Waals surface area contributed by atoms with Gasteiger partial charge < -0.3 is 14.6 Å². The molecule has 0 saturated carbocycles. The van der Waals surface area contributed by atoms with Gasteiger partial charge in [-0.05, 0) is 48.2 Å². The number of fused-ring (bicyclic) bond motifs is 1. The van der Waals surface area contributed by atoms with Crippen molar-refractivity contribution in [3.8, 4) is 11.5 Å². The van der Waals surface area contributed by atoms with E-state index in [2.05, 4.69) is 27.3 Å². The van der Waals surface area contributed by atoms with Crippen LogP contribution in [0, 0.1) is 0 Å². The molecule has 0 spiro atoms. The number of ether oxygens (including phenoxy) is 1.